The Morgan fingerprint density at radius 3 is 2.54 bits per heavy atom. The van der Waals surface area contributed by atoms with Crippen molar-refractivity contribution in [2.24, 2.45) is 12.5 Å². The number of nitrogens with zero attached hydrogens (tertiary/aromatic N) is 8. The third-order valence-electron chi connectivity index (χ3n) is 7.91. The van der Waals surface area contributed by atoms with E-state index in [1.807, 2.05) is 31.8 Å². The number of carbonyl (C=O) groups is 1. The topological polar surface area (TPSA) is 116 Å². The van der Waals surface area contributed by atoms with Gasteiger partial charge in [-0.25, -0.2) is 14.3 Å². The summed E-state index contributed by atoms with van der Waals surface area (Å²) in [5.41, 5.74) is 5.15. The minimum absolute atomic E-state index is 0.147. The van der Waals surface area contributed by atoms with Crippen LogP contribution in [-0.2, 0) is 7.05 Å². The number of aromatic nitrogens is 5. The van der Waals surface area contributed by atoms with Gasteiger partial charge in [0.25, 0.3) is 0 Å². The molecule has 10 heteroatoms. The predicted octanol–water partition coefficient (Wildman–Crippen LogP) is 4.03. The van der Waals surface area contributed by atoms with Gasteiger partial charge in [0.15, 0.2) is 0 Å². The zero-order valence-corrected chi connectivity index (χ0v) is 20.7. The van der Waals surface area contributed by atoms with Crippen LogP contribution in [-0.4, -0.2) is 66.7 Å². The molecule has 4 aromatic heterocycles. The molecule has 1 amide bonds. The number of aryl methyl sites for hydroxylation is 1. The van der Waals surface area contributed by atoms with E-state index in [0.29, 0.717) is 18.7 Å². The molecule has 1 N–H and O–H groups in total. The van der Waals surface area contributed by atoms with Gasteiger partial charge in [0.2, 0.25) is 0 Å². The van der Waals surface area contributed by atoms with Crippen molar-refractivity contribution in [2.45, 2.75) is 25.7 Å². The van der Waals surface area contributed by atoms with Crippen molar-refractivity contribution in [3.8, 4) is 28.3 Å². The van der Waals surface area contributed by atoms with Crippen molar-refractivity contribution >= 4 is 17.4 Å². The van der Waals surface area contributed by atoms with Gasteiger partial charge in [-0.05, 0) is 49.3 Å². The van der Waals surface area contributed by atoms with Crippen molar-refractivity contribution in [3.63, 3.8) is 0 Å². The normalized spacial score (nSPS) is 17.3. The lowest BCUT2D eigenvalue weighted by molar-refractivity contribution is 0.0792. The van der Waals surface area contributed by atoms with Crippen molar-refractivity contribution in [1.29, 1.82) is 5.26 Å². The lowest BCUT2D eigenvalue weighted by Gasteiger charge is -2.47. The molecule has 2 aliphatic heterocycles. The van der Waals surface area contributed by atoms with Gasteiger partial charge in [-0.3, -0.25) is 4.68 Å². The summed E-state index contributed by atoms with van der Waals surface area (Å²) in [4.78, 5) is 20.1. The maximum Gasteiger partial charge on any atom is 0.407 e. The smallest absolute Gasteiger partial charge is 0.407 e. The highest BCUT2D eigenvalue weighted by molar-refractivity contribution is 5.87. The molecule has 0 aliphatic carbocycles. The average Bonchev–Trinajstić information content (AvgIpc) is 3.54. The first-order valence-electron chi connectivity index (χ1n) is 12.5. The molecule has 0 atom stereocenters. The van der Waals surface area contributed by atoms with Crippen molar-refractivity contribution in [3.05, 3.63) is 54.7 Å². The number of nitriles is 1. The summed E-state index contributed by atoms with van der Waals surface area (Å²) >= 11 is 0. The lowest BCUT2D eigenvalue weighted by Crippen LogP contribution is -2.50. The summed E-state index contributed by atoms with van der Waals surface area (Å²) < 4.78 is 3.51. The van der Waals surface area contributed by atoms with E-state index >= 15 is 0 Å². The maximum absolute atomic E-state index is 11.3. The number of carboxylic acid groups (broad SMARTS) is 1. The number of amides is 1. The monoisotopic (exact) mass is 496 g/mol. The predicted molar refractivity (Wildman–Crippen MR) is 138 cm³/mol. The van der Waals surface area contributed by atoms with Gasteiger partial charge in [0, 0.05) is 74.1 Å². The van der Waals surface area contributed by atoms with Crippen LogP contribution < -0.4 is 4.90 Å². The fourth-order valence-corrected chi connectivity index (χ4v) is 5.87. The Morgan fingerprint density at radius 2 is 1.86 bits per heavy atom. The number of piperidine rings is 2. The van der Waals surface area contributed by atoms with Crippen LogP contribution >= 0.6 is 0 Å². The van der Waals surface area contributed by atoms with Crippen LogP contribution in [0.5, 0.6) is 0 Å². The molecule has 0 unspecified atom stereocenters. The standard InChI is InChI=1S/C27H28N8O2/c1-32-16-22(15-30-32)20-11-23(25-21(12-28)14-31-35(25)17-20)19-3-4-24(29-13-19)34-8-2-5-27(18-34)6-9-33(10-7-27)26(36)37/h3-4,11,13-17H,2,5-10,18H2,1H3,(H,36,37). The highest BCUT2D eigenvalue weighted by atomic mass is 16.4. The highest BCUT2D eigenvalue weighted by Crippen LogP contribution is 2.41. The van der Waals surface area contributed by atoms with Crippen molar-refractivity contribution < 1.29 is 9.90 Å². The molecule has 6 rings (SSSR count). The van der Waals surface area contributed by atoms with Crippen molar-refractivity contribution in [1.82, 2.24) is 29.3 Å². The number of rotatable bonds is 3. The van der Waals surface area contributed by atoms with Crippen LogP contribution in [0.1, 0.15) is 31.2 Å². The minimum atomic E-state index is -0.820. The molecule has 10 nitrogen and oxygen atoms in total. The Bertz CT molecular complexity index is 1510. The van der Waals surface area contributed by atoms with E-state index in [-0.39, 0.29) is 5.41 Å². The van der Waals surface area contributed by atoms with Crippen molar-refractivity contribution in [2.75, 3.05) is 31.1 Å². The van der Waals surface area contributed by atoms with Gasteiger partial charge in [-0.2, -0.15) is 15.5 Å². The van der Waals surface area contributed by atoms with Crippen LogP contribution in [0, 0.1) is 16.7 Å². The van der Waals surface area contributed by atoms with Crippen LogP contribution in [0.25, 0.3) is 27.8 Å². The maximum atomic E-state index is 11.3. The zero-order chi connectivity index (χ0) is 25.6. The third-order valence-corrected chi connectivity index (χ3v) is 7.91. The van der Waals surface area contributed by atoms with Gasteiger partial charge in [0.05, 0.1) is 23.5 Å². The minimum Gasteiger partial charge on any atom is -0.465 e. The number of pyridine rings is 2. The molecule has 0 bridgehead atoms. The number of hydrogen-bond acceptors (Lipinski definition) is 6. The van der Waals surface area contributed by atoms with Gasteiger partial charge >= 0.3 is 6.09 Å². The Hall–Kier alpha value is -4.39. The second-order valence-electron chi connectivity index (χ2n) is 10.2. The number of likely N-dealkylation sites (tertiary alicyclic amines) is 1. The molecular weight excluding hydrogens is 468 g/mol. The summed E-state index contributed by atoms with van der Waals surface area (Å²) in [6.45, 7) is 3.05. The van der Waals surface area contributed by atoms with Crippen LogP contribution in [0.3, 0.4) is 0 Å². The molecule has 188 valence electrons. The first-order chi connectivity index (χ1) is 17.9. The third kappa shape index (κ3) is 4.16. The summed E-state index contributed by atoms with van der Waals surface area (Å²) in [7, 11) is 1.88. The molecule has 2 saturated heterocycles. The molecule has 2 fully saturated rings. The van der Waals surface area contributed by atoms with E-state index in [0.717, 1.165) is 72.4 Å². The summed E-state index contributed by atoms with van der Waals surface area (Å²) in [5, 5.41) is 27.7. The van der Waals surface area contributed by atoms with Crippen LogP contribution in [0.2, 0.25) is 0 Å². The van der Waals surface area contributed by atoms with E-state index < -0.39 is 6.09 Å². The summed E-state index contributed by atoms with van der Waals surface area (Å²) in [5.74, 6) is 0.928. The summed E-state index contributed by atoms with van der Waals surface area (Å²) in [6, 6.07) is 8.44. The fraction of sp³-hybridized carbons (Fsp3) is 0.370. The quantitative estimate of drug-likeness (QED) is 0.455. The Morgan fingerprint density at radius 1 is 1.03 bits per heavy atom. The number of anilines is 1. The van der Waals surface area contributed by atoms with E-state index in [9.17, 15) is 15.2 Å². The molecule has 0 saturated carbocycles. The molecule has 0 radical (unpaired) electrons. The first-order valence-corrected chi connectivity index (χ1v) is 12.5. The Kier molecular flexibility index (Phi) is 5.56. The highest BCUT2D eigenvalue weighted by Gasteiger charge is 2.39. The van der Waals surface area contributed by atoms with Crippen LogP contribution in [0.15, 0.2) is 49.2 Å². The van der Waals surface area contributed by atoms with Crippen LogP contribution in [0.4, 0.5) is 10.6 Å². The fourth-order valence-electron chi connectivity index (χ4n) is 5.87. The van der Waals surface area contributed by atoms with Gasteiger partial charge in [0.1, 0.15) is 11.9 Å². The van der Waals surface area contributed by atoms with E-state index in [1.54, 1.807) is 15.4 Å². The van der Waals surface area contributed by atoms with Gasteiger partial charge in [-0.1, -0.05) is 0 Å². The van der Waals surface area contributed by atoms with E-state index in [4.69, 9.17) is 4.98 Å². The molecule has 0 aromatic carbocycles. The summed E-state index contributed by atoms with van der Waals surface area (Å²) in [6.07, 6.45) is 12.3. The second-order valence-corrected chi connectivity index (χ2v) is 10.2. The molecule has 4 aromatic rings. The average molecular weight is 497 g/mol. The van der Waals surface area contributed by atoms with Gasteiger partial charge < -0.3 is 14.9 Å². The molecule has 2 aliphatic rings. The molecule has 37 heavy (non-hydrogen) atoms. The largest absolute Gasteiger partial charge is 0.465 e. The first kappa shape index (κ1) is 23.0. The molecule has 6 heterocycles. The zero-order valence-electron chi connectivity index (χ0n) is 20.7. The molecule has 1 spiro atoms. The Balaban J connectivity index is 1.30. The Labute approximate surface area is 214 Å². The van der Waals surface area contributed by atoms with Gasteiger partial charge in [-0.15, -0.1) is 0 Å². The number of hydrogen-bond donors (Lipinski definition) is 1. The van der Waals surface area contributed by atoms with E-state index in [2.05, 4.69) is 39.4 Å². The number of fused-ring (bicyclic) bond motifs is 1. The molecular formula is C27H28N8O2. The second kappa shape index (κ2) is 8.92. The lowest BCUT2D eigenvalue weighted by atomic mass is 9.72. The SMILES string of the molecule is Cn1cc(-c2cc(-c3ccc(N4CCCC5(CCN(C(=O)O)CC5)C4)nc3)c3c(C#N)cnn3c2)cn1. The van der Waals surface area contributed by atoms with E-state index in [1.165, 1.54) is 4.90 Å².